The van der Waals surface area contributed by atoms with Crippen molar-refractivity contribution in [1.82, 2.24) is 20.0 Å². The molecular formula is C19H26N4O3. The highest BCUT2D eigenvalue weighted by Crippen LogP contribution is 2.25. The molecule has 3 heterocycles. The van der Waals surface area contributed by atoms with E-state index in [-0.39, 0.29) is 17.9 Å². The lowest BCUT2D eigenvalue weighted by atomic mass is 10.1. The van der Waals surface area contributed by atoms with Crippen molar-refractivity contribution in [3.05, 3.63) is 29.5 Å². The van der Waals surface area contributed by atoms with Crippen molar-refractivity contribution in [3.8, 4) is 11.3 Å². The third-order valence-electron chi connectivity index (χ3n) is 4.68. The van der Waals surface area contributed by atoms with Gasteiger partial charge in [-0.3, -0.25) is 4.79 Å². The normalized spacial score (nSPS) is 17.7. The zero-order valence-corrected chi connectivity index (χ0v) is 15.9. The van der Waals surface area contributed by atoms with Crippen molar-refractivity contribution in [3.63, 3.8) is 0 Å². The summed E-state index contributed by atoms with van der Waals surface area (Å²) in [6.45, 7) is 9.58. The summed E-state index contributed by atoms with van der Waals surface area (Å²) in [5.74, 6) is 0.972. The minimum Gasteiger partial charge on any atom is -0.375 e. The molecule has 0 radical (unpaired) electrons. The number of amides is 1. The summed E-state index contributed by atoms with van der Waals surface area (Å²) in [6, 6.07) is 1.98. The molecule has 7 heteroatoms. The van der Waals surface area contributed by atoms with Crippen LogP contribution in [0.5, 0.6) is 0 Å². The molecule has 3 rings (SSSR count). The van der Waals surface area contributed by atoms with Crippen LogP contribution in [-0.4, -0.2) is 51.7 Å². The van der Waals surface area contributed by atoms with Gasteiger partial charge in [-0.15, -0.1) is 0 Å². The van der Waals surface area contributed by atoms with Gasteiger partial charge in [0.15, 0.2) is 0 Å². The van der Waals surface area contributed by atoms with Gasteiger partial charge in [0, 0.05) is 24.7 Å². The minimum absolute atomic E-state index is 0.0215. The van der Waals surface area contributed by atoms with Crippen LogP contribution in [0.1, 0.15) is 37.4 Å². The SMILES string of the molecule is Cc1noc(C)c1-c1cc(CC[C@@H]2CN(C(=O)C(C)C)CCO2)ncn1. The fraction of sp³-hybridized carbons (Fsp3) is 0.579. The maximum Gasteiger partial charge on any atom is 0.225 e. The quantitative estimate of drug-likeness (QED) is 0.817. The summed E-state index contributed by atoms with van der Waals surface area (Å²) in [5.41, 5.74) is 3.53. The number of hydrogen-bond acceptors (Lipinski definition) is 6. The Labute approximate surface area is 153 Å². The molecular weight excluding hydrogens is 332 g/mol. The van der Waals surface area contributed by atoms with Crippen LogP contribution in [0.4, 0.5) is 0 Å². The molecule has 2 aromatic rings. The summed E-state index contributed by atoms with van der Waals surface area (Å²) in [7, 11) is 0. The predicted molar refractivity (Wildman–Crippen MR) is 96.5 cm³/mol. The van der Waals surface area contributed by atoms with E-state index in [0.29, 0.717) is 19.7 Å². The Kier molecular flexibility index (Phi) is 5.66. The average Bonchev–Trinajstić information content (AvgIpc) is 2.98. The Morgan fingerprint density at radius 3 is 2.85 bits per heavy atom. The third-order valence-corrected chi connectivity index (χ3v) is 4.68. The summed E-state index contributed by atoms with van der Waals surface area (Å²) >= 11 is 0. The molecule has 1 amide bonds. The van der Waals surface area contributed by atoms with Gasteiger partial charge >= 0.3 is 0 Å². The molecule has 0 unspecified atom stereocenters. The van der Waals surface area contributed by atoms with Crippen molar-refractivity contribution in [2.45, 2.75) is 46.6 Å². The number of nitrogens with zero attached hydrogens (tertiary/aromatic N) is 4. The molecule has 1 aliphatic heterocycles. The monoisotopic (exact) mass is 358 g/mol. The summed E-state index contributed by atoms with van der Waals surface area (Å²) in [5, 5.41) is 3.99. The topological polar surface area (TPSA) is 81.4 Å². The van der Waals surface area contributed by atoms with Crippen molar-refractivity contribution in [1.29, 1.82) is 0 Å². The van der Waals surface area contributed by atoms with E-state index in [1.54, 1.807) is 6.33 Å². The fourth-order valence-electron chi connectivity index (χ4n) is 3.29. The van der Waals surface area contributed by atoms with E-state index >= 15 is 0 Å². The molecule has 0 aromatic carbocycles. The van der Waals surface area contributed by atoms with Gasteiger partial charge in [-0.2, -0.15) is 0 Å². The number of aryl methyl sites for hydroxylation is 3. The Bertz CT molecular complexity index is 752. The van der Waals surface area contributed by atoms with Crippen molar-refractivity contribution in [2.75, 3.05) is 19.7 Å². The molecule has 1 aliphatic rings. The number of carbonyl (C=O) groups excluding carboxylic acids is 1. The van der Waals surface area contributed by atoms with Gasteiger partial charge in [0.25, 0.3) is 0 Å². The van der Waals surface area contributed by atoms with Crippen molar-refractivity contribution < 1.29 is 14.1 Å². The minimum atomic E-state index is 0.0215. The van der Waals surface area contributed by atoms with Crippen LogP contribution >= 0.6 is 0 Å². The van der Waals surface area contributed by atoms with E-state index in [9.17, 15) is 4.79 Å². The van der Waals surface area contributed by atoms with E-state index in [0.717, 1.165) is 41.2 Å². The molecule has 2 aromatic heterocycles. The molecule has 0 N–H and O–H groups in total. The molecule has 0 bridgehead atoms. The number of aromatic nitrogens is 3. The van der Waals surface area contributed by atoms with Gasteiger partial charge in [0.1, 0.15) is 12.1 Å². The van der Waals surface area contributed by atoms with Crippen LogP contribution in [0.15, 0.2) is 16.9 Å². The van der Waals surface area contributed by atoms with E-state index < -0.39 is 0 Å². The van der Waals surface area contributed by atoms with Crippen LogP contribution in [-0.2, 0) is 16.0 Å². The molecule has 0 spiro atoms. The van der Waals surface area contributed by atoms with Crippen LogP contribution < -0.4 is 0 Å². The highest BCUT2D eigenvalue weighted by Gasteiger charge is 2.25. The standard InChI is InChI=1S/C19H26N4O3/c1-12(2)19(24)23-7-8-25-16(10-23)6-5-15-9-17(21-11-20-15)18-13(3)22-26-14(18)4/h9,11-12,16H,5-8,10H2,1-4H3/t16-/m1/s1. The van der Waals surface area contributed by atoms with E-state index in [4.69, 9.17) is 9.26 Å². The first-order chi connectivity index (χ1) is 12.5. The molecule has 1 saturated heterocycles. The second kappa shape index (κ2) is 7.95. The number of ether oxygens (including phenoxy) is 1. The van der Waals surface area contributed by atoms with E-state index in [1.165, 1.54) is 0 Å². The highest BCUT2D eigenvalue weighted by molar-refractivity contribution is 5.78. The fourth-order valence-corrected chi connectivity index (χ4v) is 3.29. The van der Waals surface area contributed by atoms with Gasteiger partial charge in [0.2, 0.25) is 5.91 Å². The smallest absolute Gasteiger partial charge is 0.225 e. The van der Waals surface area contributed by atoms with E-state index in [1.807, 2.05) is 38.7 Å². The Morgan fingerprint density at radius 2 is 2.15 bits per heavy atom. The predicted octanol–water partition coefficient (Wildman–Crippen LogP) is 2.56. The van der Waals surface area contributed by atoms with Gasteiger partial charge in [-0.1, -0.05) is 19.0 Å². The van der Waals surface area contributed by atoms with Gasteiger partial charge in [0.05, 0.1) is 29.7 Å². The molecule has 1 atom stereocenters. The van der Waals surface area contributed by atoms with Crippen molar-refractivity contribution in [2.24, 2.45) is 5.92 Å². The number of hydrogen-bond donors (Lipinski definition) is 0. The molecule has 0 saturated carbocycles. The van der Waals surface area contributed by atoms with Gasteiger partial charge < -0.3 is 14.2 Å². The second-order valence-corrected chi connectivity index (χ2v) is 7.06. The summed E-state index contributed by atoms with van der Waals surface area (Å²) in [6.07, 6.45) is 3.21. The lowest BCUT2D eigenvalue weighted by Gasteiger charge is -2.34. The number of rotatable bonds is 5. The Hall–Kier alpha value is -2.28. The summed E-state index contributed by atoms with van der Waals surface area (Å²) < 4.78 is 11.1. The lowest BCUT2D eigenvalue weighted by Crippen LogP contribution is -2.47. The first-order valence-electron chi connectivity index (χ1n) is 9.10. The van der Waals surface area contributed by atoms with Crippen LogP contribution in [0.2, 0.25) is 0 Å². The third kappa shape index (κ3) is 4.09. The molecule has 140 valence electrons. The largest absolute Gasteiger partial charge is 0.375 e. The highest BCUT2D eigenvalue weighted by atomic mass is 16.5. The molecule has 7 nitrogen and oxygen atoms in total. The molecule has 0 aliphatic carbocycles. The number of morpholine rings is 1. The van der Waals surface area contributed by atoms with Crippen molar-refractivity contribution >= 4 is 5.91 Å². The Morgan fingerprint density at radius 1 is 1.35 bits per heavy atom. The maximum atomic E-state index is 12.2. The van der Waals surface area contributed by atoms with E-state index in [2.05, 4.69) is 15.1 Å². The zero-order valence-electron chi connectivity index (χ0n) is 15.9. The van der Waals surface area contributed by atoms with Gasteiger partial charge in [-0.05, 0) is 32.8 Å². The van der Waals surface area contributed by atoms with Crippen LogP contribution in [0.25, 0.3) is 11.3 Å². The lowest BCUT2D eigenvalue weighted by molar-refractivity contribution is -0.142. The Balaban J connectivity index is 1.63. The first-order valence-corrected chi connectivity index (χ1v) is 9.10. The van der Waals surface area contributed by atoms with Gasteiger partial charge in [-0.25, -0.2) is 9.97 Å². The average molecular weight is 358 g/mol. The van der Waals surface area contributed by atoms with Crippen LogP contribution in [0, 0.1) is 19.8 Å². The molecule has 26 heavy (non-hydrogen) atoms. The zero-order chi connectivity index (χ0) is 18.7. The second-order valence-electron chi connectivity index (χ2n) is 7.06. The van der Waals surface area contributed by atoms with Crippen LogP contribution in [0.3, 0.4) is 0 Å². The maximum absolute atomic E-state index is 12.2. The first kappa shape index (κ1) is 18.5. The number of carbonyl (C=O) groups is 1. The summed E-state index contributed by atoms with van der Waals surface area (Å²) in [4.78, 5) is 22.8. The molecule has 1 fully saturated rings.